The molecule has 0 saturated carbocycles. The summed E-state index contributed by atoms with van der Waals surface area (Å²) in [6.07, 6.45) is -0.0416. The highest BCUT2D eigenvalue weighted by molar-refractivity contribution is 6.06. The predicted molar refractivity (Wildman–Crippen MR) is 112 cm³/mol. The monoisotopic (exact) mass is 412 g/mol. The zero-order chi connectivity index (χ0) is 21.1. The number of hydrogen-bond acceptors (Lipinski definition) is 8. The van der Waals surface area contributed by atoms with Crippen LogP contribution in [0.15, 0.2) is 24.3 Å². The number of ether oxygens (including phenoxy) is 2. The SMILES string of the molecule is CCOc1ccccc1NC(=O)[C@H]1CC(=O)Nc2nc(N3CCOCC3)nc(N)c21. The number of anilines is 4. The molecule has 0 bridgehead atoms. The molecule has 1 saturated heterocycles. The predicted octanol–water partition coefficient (Wildman–Crippen LogP) is 1.36. The first-order chi connectivity index (χ1) is 14.6. The van der Waals surface area contributed by atoms with Gasteiger partial charge in [0.05, 0.1) is 37.0 Å². The van der Waals surface area contributed by atoms with Crippen LogP contribution in [0, 0.1) is 0 Å². The number of carbonyl (C=O) groups is 2. The van der Waals surface area contributed by atoms with E-state index in [2.05, 4.69) is 20.6 Å². The van der Waals surface area contributed by atoms with Crippen LogP contribution in [0.3, 0.4) is 0 Å². The van der Waals surface area contributed by atoms with Crippen LogP contribution in [0.4, 0.5) is 23.3 Å². The zero-order valence-electron chi connectivity index (χ0n) is 16.7. The summed E-state index contributed by atoms with van der Waals surface area (Å²) in [5, 5.41) is 5.58. The molecule has 0 aliphatic carbocycles. The Hall–Kier alpha value is -3.40. The lowest BCUT2D eigenvalue weighted by Crippen LogP contribution is -2.38. The fourth-order valence-electron chi connectivity index (χ4n) is 3.58. The van der Waals surface area contributed by atoms with E-state index >= 15 is 0 Å². The van der Waals surface area contributed by atoms with E-state index in [1.165, 1.54) is 0 Å². The maximum Gasteiger partial charge on any atom is 0.232 e. The van der Waals surface area contributed by atoms with Gasteiger partial charge in [0.1, 0.15) is 17.4 Å². The van der Waals surface area contributed by atoms with Crippen LogP contribution in [-0.4, -0.2) is 54.7 Å². The maximum absolute atomic E-state index is 13.1. The van der Waals surface area contributed by atoms with Crippen molar-refractivity contribution in [1.82, 2.24) is 9.97 Å². The molecular weight excluding hydrogens is 388 g/mol. The van der Waals surface area contributed by atoms with E-state index in [0.717, 1.165) is 0 Å². The molecule has 2 aliphatic heterocycles. The Morgan fingerprint density at radius 3 is 2.87 bits per heavy atom. The minimum absolute atomic E-state index is 0.0416. The summed E-state index contributed by atoms with van der Waals surface area (Å²) < 4.78 is 10.9. The number of nitrogens with zero attached hydrogens (tertiary/aromatic N) is 3. The van der Waals surface area contributed by atoms with Crippen LogP contribution in [0.25, 0.3) is 0 Å². The molecule has 3 heterocycles. The Bertz CT molecular complexity index is 960. The van der Waals surface area contributed by atoms with Crippen LogP contribution in [0.5, 0.6) is 5.75 Å². The Morgan fingerprint density at radius 1 is 1.33 bits per heavy atom. The molecular formula is C20H24N6O4. The second-order valence-corrected chi connectivity index (χ2v) is 6.99. The molecule has 4 rings (SSSR count). The molecule has 1 fully saturated rings. The number of nitrogen functional groups attached to an aromatic ring is 1. The highest BCUT2D eigenvalue weighted by Gasteiger charge is 2.35. The summed E-state index contributed by atoms with van der Waals surface area (Å²) in [6.45, 7) is 4.72. The third kappa shape index (κ3) is 3.99. The number of rotatable bonds is 5. The van der Waals surface area contributed by atoms with E-state index in [0.29, 0.717) is 55.9 Å². The molecule has 2 aromatic rings. The average molecular weight is 412 g/mol. The van der Waals surface area contributed by atoms with Crippen molar-refractivity contribution in [1.29, 1.82) is 0 Å². The summed E-state index contributed by atoms with van der Waals surface area (Å²) in [7, 11) is 0. The lowest BCUT2D eigenvalue weighted by molar-refractivity contribution is -0.123. The van der Waals surface area contributed by atoms with Gasteiger partial charge in [0.25, 0.3) is 0 Å². The molecule has 0 spiro atoms. The Labute approximate surface area is 173 Å². The zero-order valence-corrected chi connectivity index (χ0v) is 16.7. The number of aromatic nitrogens is 2. The molecule has 1 aromatic heterocycles. The van der Waals surface area contributed by atoms with Gasteiger partial charge in [-0.3, -0.25) is 9.59 Å². The Kier molecular flexibility index (Phi) is 5.66. The smallest absolute Gasteiger partial charge is 0.232 e. The number of nitrogens with one attached hydrogen (secondary N) is 2. The fraction of sp³-hybridized carbons (Fsp3) is 0.400. The lowest BCUT2D eigenvalue weighted by atomic mass is 9.92. The van der Waals surface area contributed by atoms with Gasteiger partial charge in [-0.15, -0.1) is 0 Å². The molecule has 10 heteroatoms. The quantitative estimate of drug-likeness (QED) is 0.671. The van der Waals surface area contributed by atoms with Crippen molar-refractivity contribution in [2.45, 2.75) is 19.3 Å². The van der Waals surface area contributed by atoms with E-state index < -0.39 is 5.92 Å². The maximum atomic E-state index is 13.1. The van der Waals surface area contributed by atoms with Gasteiger partial charge in [-0.05, 0) is 19.1 Å². The Morgan fingerprint density at radius 2 is 2.10 bits per heavy atom. The minimum atomic E-state index is -0.804. The summed E-state index contributed by atoms with van der Waals surface area (Å²) in [6, 6.07) is 7.13. The van der Waals surface area contributed by atoms with Gasteiger partial charge in [-0.25, -0.2) is 0 Å². The number of morpholine rings is 1. The topological polar surface area (TPSA) is 132 Å². The average Bonchev–Trinajstić information content (AvgIpc) is 2.75. The highest BCUT2D eigenvalue weighted by atomic mass is 16.5. The molecule has 30 heavy (non-hydrogen) atoms. The van der Waals surface area contributed by atoms with E-state index in [4.69, 9.17) is 15.2 Å². The summed E-state index contributed by atoms with van der Waals surface area (Å²) in [4.78, 5) is 36.2. The van der Waals surface area contributed by atoms with Crippen LogP contribution in [-0.2, 0) is 14.3 Å². The first-order valence-electron chi connectivity index (χ1n) is 9.89. The molecule has 4 N–H and O–H groups in total. The molecule has 1 atom stereocenters. The number of para-hydroxylation sites is 2. The van der Waals surface area contributed by atoms with Crippen LogP contribution < -0.4 is 26.0 Å². The number of fused-ring (bicyclic) bond motifs is 1. The molecule has 0 radical (unpaired) electrons. The van der Waals surface area contributed by atoms with Crippen molar-refractivity contribution < 1.29 is 19.1 Å². The van der Waals surface area contributed by atoms with Crippen molar-refractivity contribution in [2.75, 3.05) is 54.2 Å². The van der Waals surface area contributed by atoms with Crippen LogP contribution in [0.1, 0.15) is 24.8 Å². The number of benzene rings is 1. The molecule has 2 amide bonds. The van der Waals surface area contributed by atoms with Gasteiger partial charge in [0, 0.05) is 19.5 Å². The molecule has 1 aromatic carbocycles. The van der Waals surface area contributed by atoms with Crippen molar-refractivity contribution in [2.24, 2.45) is 0 Å². The lowest BCUT2D eigenvalue weighted by Gasteiger charge is -2.30. The van der Waals surface area contributed by atoms with E-state index in [1.54, 1.807) is 18.2 Å². The van der Waals surface area contributed by atoms with E-state index in [1.807, 2.05) is 17.9 Å². The second kappa shape index (κ2) is 8.54. The third-order valence-corrected chi connectivity index (χ3v) is 5.01. The standard InChI is InChI=1S/C20H24N6O4/c1-2-30-14-6-4-3-5-13(14)22-19(28)12-11-15(27)23-18-16(12)17(21)24-20(25-18)26-7-9-29-10-8-26/h3-6,12H,2,7-11H2,1H3,(H,22,28)(H3,21,23,24,25,27)/t12-/m0/s1. The first-order valence-corrected chi connectivity index (χ1v) is 9.89. The number of hydrogen-bond donors (Lipinski definition) is 3. The third-order valence-electron chi connectivity index (χ3n) is 5.01. The van der Waals surface area contributed by atoms with Crippen LogP contribution in [0.2, 0.25) is 0 Å². The Balaban J connectivity index is 1.63. The van der Waals surface area contributed by atoms with Crippen molar-refractivity contribution in [3.8, 4) is 5.75 Å². The largest absolute Gasteiger partial charge is 0.492 e. The highest BCUT2D eigenvalue weighted by Crippen LogP contribution is 2.37. The minimum Gasteiger partial charge on any atom is -0.492 e. The molecule has 158 valence electrons. The van der Waals surface area contributed by atoms with Gasteiger partial charge in [0.15, 0.2) is 0 Å². The van der Waals surface area contributed by atoms with Crippen molar-refractivity contribution >= 4 is 35.1 Å². The molecule has 0 unspecified atom stereocenters. The van der Waals surface area contributed by atoms with Crippen molar-refractivity contribution in [3.05, 3.63) is 29.8 Å². The summed E-state index contributed by atoms with van der Waals surface area (Å²) in [5.41, 5.74) is 7.19. The summed E-state index contributed by atoms with van der Waals surface area (Å²) >= 11 is 0. The van der Waals surface area contributed by atoms with Gasteiger partial charge < -0.3 is 30.7 Å². The number of nitrogens with two attached hydrogens (primary N) is 1. The second-order valence-electron chi connectivity index (χ2n) is 6.99. The van der Waals surface area contributed by atoms with Gasteiger partial charge in [-0.1, -0.05) is 12.1 Å². The fourth-order valence-corrected chi connectivity index (χ4v) is 3.58. The van der Waals surface area contributed by atoms with E-state index in [-0.39, 0.29) is 29.9 Å². The summed E-state index contributed by atoms with van der Waals surface area (Å²) in [5.74, 6) is -0.0434. The van der Waals surface area contributed by atoms with Gasteiger partial charge >= 0.3 is 0 Å². The molecule has 10 nitrogen and oxygen atoms in total. The van der Waals surface area contributed by atoms with Gasteiger partial charge in [0.2, 0.25) is 17.8 Å². The normalized spacial score (nSPS) is 18.4. The van der Waals surface area contributed by atoms with Crippen molar-refractivity contribution in [3.63, 3.8) is 0 Å². The number of carbonyl (C=O) groups excluding carboxylic acids is 2. The van der Waals surface area contributed by atoms with Crippen LogP contribution >= 0.6 is 0 Å². The number of amides is 2. The first kappa shape index (κ1) is 19.9. The van der Waals surface area contributed by atoms with E-state index in [9.17, 15) is 9.59 Å². The molecule has 2 aliphatic rings. The van der Waals surface area contributed by atoms with Gasteiger partial charge in [-0.2, -0.15) is 9.97 Å².